The average Bonchev–Trinajstić information content (AvgIpc) is 2.69. The zero-order valence-electron chi connectivity index (χ0n) is 16.1. The number of ether oxygens (including phenoxy) is 1. The van der Waals surface area contributed by atoms with Crippen LogP contribution in [-0.4, -0.2) is 23.1 Å². The first kappa shape index (κ1) is 19.4. The molecule has 0 radical (unpaired) electrons. The molecule has 0 unspecified atom stereocenters. The van der Waals surface area contributed by atoms with E-state index in [1.54, 1.807) is 37.3 Å². The fourth-order valence-corrected chi connectivity index (χ4v) is 3.00. The van der Waals surface area contributed by atoms with E-state index in [4.69, 9.17) is 4.74 Å². The van der Waals surface area contributed by atoms with Gasteiger partial charge >= 0.3 is 5.97 Å². The number of pyridine rings is 1. The Morgan fingerprint density at radius 1 is 1.07 bits per heavy atom. The number of hydrogen-bond acceptors (Lipinski definition) is 4. The number of rotatable bonds is 5. The van der Waals surface area contributed by atoms with E-state index in [0.717, 1.165) is 5.56 Å². The Balaban J connectivity index is 2.02. The van der Waals surface area contributed by atoms with Crippen molar-refractivity contribution in [1.29, 1.82) is 0 Å². The lowest BCUT2D eigenvalue weighted by atomic mass is 10.1. The van der Waals surface area contributed by atoms with Crippen molar-refractivity contribution in [2.45, 2.75) is 27.3 Å². The number of nitrogens with one attached hydrogen (secondary N) is 1. The van der Waals surface area contributed by atoms with Crippen LogP contribution in [-0.2, 0) is 11.3 Å². The second-order valence-corrected chi connectivity index (χ2v) is 6.43. The number of benzene rings is 2. The number of amides is 1. The molecule has 0 aliphatic rings. The summed E-state index contributed by atoms with van der Waals surface area (Å²) in [7, 11) is 0. The summed E-state index contributed by atoms with van der Waals surface area (Å²) in [6, 6.07) is 12.3. The first-order valence-corrected chi connectivity index (χ1v) is 9.17. The summed E-state index contributed by atoms with van der Waals surface area (Å²) in [4.78, 5) is 37.4. The minimum absolute atomic E-state index is 0.0155. The molecule has 3 rings (SSSR count). The zero-order valence-corrected chi connectivity index (χ0v) is 16.1. The largest absolute Gasteiger partial charge is 0.462 e. The molecule has 28 heavy (non-hydrogen) atoms. The molecule has 144 valence electrons. The standard InChI is InChI=1S/C22H22N2O4/c1-4-24-13-18(22(27)28-5-2)20(25)17-12-16(10-11-19(17)24)23-21(26)15-8-6-14(3)7-9-15/h6-13H,4-5H2,1-3H3,(H,23,26). The number of hydrogen-bond donors (Lipinski definition) is 1. The molecule has 0 saturated heterocycles. The summed E-state index contributed by atoms with van der Waals surface area (Å²) >= 11 is 0. The molecule has 0 bridgehead atoms. The van der Waals surface area contributed by atoms with Gasteiger partial charge < -0.3 is 14.6 Å². The first-order chi connectivity index (χ1) is 13.4. The van der Waals surface area contributed by atoms with Gasteiger partial charge in [-0.1, -0.05) is 17.7 Å². The van der Waals surface area contributed by atoms with Crippen molar-refractivity contribution in [3.05, 3.63) is 75.6 Å². The number of nitrogens with zero attached hydrogens (tertiary/aromatic N) is 1. The van der Waals surface area contributed by atoms with Crippen LogP contribution in [0.2, 0.25) is 0 Å². The van der Waals surface area contributed by atoms with Crippen molar-refractivity contribution in [2.24, 2.45) is 0 Å². The summed E-state index contributed by atoms with van der Waals surface area (Å²) in [5.41, 5.74) is 2.33. The highest BCUT2D eigenvalue weighted by Crippen LogP contribution is 2.19. The third kappa shape index (κ3) is 3.81. The molecule has 6 nitrogen and oxygen atoms in total. The molecule has 0 aliphatic carbocycles. The summed E-state index contributed by atoms with van der Waals surface area (Å²) in [5, 5.41) is 3.16. The normalized spacial score (nSPS) is 10.7. The molecule has 0 aliphatic heterocycles. The van der Waals surface area contributed by atoms with Crippen molar-refractivity contribution < 1.29 is 14.3 Å². The van der Waals surface area contributed by atoms with Gasteiger partial charge in [-0.3, -0.25) is 9.59 Å². The first-order valence-electron chi connectivity index (χ1n) is 9.17. The topological polar surface area (TPSA) is 77.4 Å². The van der Waals surface area contributed by atoms with Gasteiger partial charge in [-0.15, -0.1) is 0 Å². The lowest BCUT2D eigenvalue weighted by molar-refractivity contribution is 0.0524. The van der Waals surface area contributed by atoms with Crippen molar-refractivity contribution in [3.8, 4) is 0 Å². The second kappa shape index (κ2) is 8.08. The summed E-state index contributed by atoms with van der Waals surface area (Å²) < 4.78 is 6.81. The van der Waals surface area contributed by atoms with E-state index in [1.165, 1.54) is 6.20 Å². The third-order valence-corrected chi connectivity index (χ3v) is 4.49. The SMILES string of the molecule is CCOC(=O)c1cn(CC)c2ccc(NC(=O)c3ccc(C)cc3)cc2c1=O. The number of esters is 1. The molecule has 0 spiro atoms. The molecular weight excluding hydrogens is 356 g/mol. The highest BCUT2D eigenvalue weighted by atomic mass is 16.5. The maximum Gasteiger partial charge on any atom is 0.343 e. The Labute approximate surface area is 162 Å². The van der Waals surface area contributed by atoms with Crippen LogP contribution in [0, 0.1) is 6.92 Å². The Hall–Kier alpha value is -3.41. The van der Waals surface area contributed by atoms with E-state index in [-0.39, 0.29) is 18.1 Å². The van der Waals surface area contributed by atoms with Crippen LogP contribution >= 0.6 is 0 Å². The van der Waals surface area contributed by atoms with Gasteiger partial charge in [0.1, 0.15) is 5.56 Å². The predicted octanol–water partition coefficient (Wildman–Crippen LogP) is 3.76. The molecule has 0 atom stereocenters. The van der Waals surface area contributed by atoms with Crippen molar-refractivity contribution >= 4 is 28.5 Å². The number of fused-ring (bicyclic) bond motifs is 1. The lowest BCUT2D eigenvalue weighted by Gasteiger charge is -2.13. The number of aryl methyl sites for hydroxylation is 2. The van der Waals surface area contributed by atoms with E-state index in [1.807, 2.05) is 30.5 Å². The van der Waals surface area contributed by atoms with Gasteiger partial charge in [-0.25, -0.2) is 4.79 Å². The molecule has 3 aromatic rings. The number of aromatic nitrogens is 1. The van der Waals surface area contributed by atoms with Gasteiger partial charge in [0.05, 0.1) is 12.1 Å². The molecule has 1 amide bonds. The molecule has 1 N–H and O–H groups in total. The van der Waals surface area contributed by atoms with E-state index in [9.17, 15) is 14.4 Å². The van der Waals surface area contributed by atoms with Gasteiger partial charge in [-0.05, 0) is 51.1 Å². The zero-order chi connectivity index (χ0) is 20.3. The summed E-state index contributed by atoms with van der Waals surface area (Å²) in [5.74, 6) is -0.914. The fourth-order valence-electron chi connectivity index (χ4n) is 3.00. The Morgan fingerprint density at radius 2 is 1.79 bits per heavy atom. The van der Waals surface area contributed by atoms with Gasteiger partial charge in [0.2, 0.25) is 5.43 Å². The maximum atomic E-state index is 12.8. The van der Waals surface area contributed by atoms with E-state index >= 15 is 0 Å². The lowest BCUT2D eigenvalue weighted by Crippen LogP contribution is -2.21. The Kier molecular flexibility index (Phi) is 5.59. The summed E-state index contributed by atoms with van der Waals surface area (Å²) in [6.07, 6.45) is 1.52. The predicted molar refractivity (Wildman–Crippen MR) is 109 cm³/mol. The van der Waals surface area contributed by atoms with Gasteiger partial charge in [-0.2, -0.15) is 0 Å². The van der Waals surface area contributed by atoms with Gasteiger partial charge in [0, 0.05) is 29.4 Å². The van der Waals surface area contributed by atoms with Crippen LogP contribution in [0.5, 0.6) is 0 Å². The fraction of sp³-hybridized carbons (Fsp3) is 0.227. The van der Waals surface area contributed by atoms with Gasteiger partial charge in [0.15, 0.2) is 0 Å². The van der Waals surface area contributed by atoms with Crippen molar-refractivity contribution in [1.82, 2.24) is 4.57 Å². The Morgan fingerprint density at radius 3 is 2.43 bits per heavy atom. The number of carbonyl (C=O) groups excluding carboxylic acids is 2. The highest BCUT2D eigenvalue weighted by molar-refractivity contribution is 6.05. The Bertz CT molecular complexity index is 1100. The second-order valence-electron chi connectivity index (χ2n) is 6.43. The van der Waals surface area contributed by atoms with Crippen LogP contribution in [0.15, 0.2) is 53.5 Å². The van der Waals surface area contributed by atoms with Crippen LogP contribution in [0.1, 0.15) is 40.1 Å². The molecule has 0 fully saturated rings. The molecule has 6 heteroatoms. The van der Waals surface area contributed by atoms with Crippen LogP contribution in [0.3, 0.4) is 0 Å². The summed E-state index contributed by atoms with van der Waals surface area (Å²) in [6.45, 7) is 6.33. The van der Waals surface area contributed by atoms with Crippen LogP contribution in [0.4, 0.5) is 5.69 Å². The maximum absolute atomic E-state index is 12.8. The molecule has 2 aromatic carbocycles. The smallest absolute Gasteiger partial charge is 0.343 e. The average molecular weight is 378 g/mol. The monoisotopic (exact) mass is 378 g/mol. The van der Waals surface area contributed by atoms with Crippen LogP contribution < -0.4 is 10.7 Å². The van der Waals surface area contributed by atoms with Crippen molar-refractivity contribution in [2.75, 3.05) is 11.9 Å². The highest BCUT2D eigenvalue weighted by Gasteiger charge is 2.17. The van der Waals surface area contributed by atoms with Crippen LogP contribution in [0.25, 0.3) is 10.9 Å². The number of carbonyl (C=O) groups is 2. The van der Waals surface area contributed by atoms with Crippen molar-refractivity contribution in [3.63, 3.8) is 0 Å². The van der Waals surface area contributed by atoms with E-state index in [0.29, 0.717) is 28.7 Å². The van der Waals surface area contributed by atoms with E-state index in [2.05, 4.69) is 5.32 Å². The van der Waals surface area contributed by atoms with E-state index < -0.39 is 11.4 Å². The molecule has 1 aromatic heterocycles. The minimum Gasteiger partial charge on any atom is -0.462 e. The third-order valence-electron chi connectivity index (χ3n) is 4.49. The quantitative estimate of drug-likeness (QED) is 0.686. The molecule has 0 saturated carbocycles. The molecular formula is C22H22N2O4. The number of anilines is 1. The molecule has 1 heterocycles. The minimum atomic E-state index is -0.648. The van der Waals surface area contributed by atoms with Gasteiger partial charge in [0.25, 0.3) is 5.91 Å².